The van der Waals surface area contributed by atoms with Crippen LogP contribution in [-0.2, 0) is 0 Å². The minimum Gasteiger partial charge on any atom is -0.396 e. The summed E-state index contributed by atoms with van der Waals surface area (Å²) in [4.78, 5) is 8.91. The molecule has 6 heteroatoms. The van der Waals surface area contributed by atoms with Crippen LogP contribution in [0.5, 0.6) is 0 Å². The fraction of sp³-hybridized carbons (Fsp3) is 0.375. The summed E-state index contributed by atoms with van der Waals surface area (Å²) in [6.45, 7) is 0.744. The van der Waals surface area contributed by atoms with E-state index in [0.29, 0.717) is 36.3 Å². The molecule has 0 bridgehead atoms. The number of halogens is 1. The molecule has 1 fully saturated rings. The molecule has 3 N–H and O–H groups in total. The third-order valence-corrected chi connectivity index (χ3v) is 3.46. The van der Waals surface area contributed by atoms with Gasteiger partial charge in [0.2, 0.25) is 5.95 Å². The Balaban J connectivity index is 1.79. The van der Waals surface area contributed by atoms with E-state index in [1.54, 1.807) is 12.1 Å². The Morgan fingerprint density at radius 3 is 2.82 bits per heavy atom. The van der Waals surface area contributed by atoms with Crippen LogP contribution in [0.4, 0.5) is 21.8 Å². The zero-order valence-electron chi connectivity index (χ0n) is 12.2. The molecule has 0 radical (unpaired) electrons. The van der Waals surface area contributed by atoms with Crippen molar-refractivity contribution in [2.45, 2.75) is 25.2 Å². The van der Waals surface area contributed by atoms with Crippen LogP contribution in [0.2, 0.25) is 0 Å². The van der Waals surface area contributed by atoms with E-state index in [4.69, 9.17) is 5.11 Å². The first-order valence-electron chi connectivity index (χ1n) is 7.51. The average molecular weight is 302 g/mol. The van der Waals surface area contributed by atoms with Crippen molar-refractivity contribution in [2.24, 2.45) is 0 Å². The second-order valence-corrected chi connectivity index (χ2v) is 5.42. The summed E-state index contributed by atoms with van der Waals surface area (Å²) in [7, 11) is 0. The molecule has 0 saturated heterocycles. The molecule has 0 amide bonds. The summed E-state index contributed by atoms with van der Waals surface area (Å²) in [6.07, 6.45) is 2.93. The highest BCUT2D eigenvalue weighted by Crippen LogP contribution is 2.40. The van der Waals surface area contributed by atoms with Crippen LogP contribution in [0.1, 0.15) is 30.9 Å². The van der Waals surface area contributed by atoms with E-state index in [1.165, 1.54) is 12.1 Å². The summed E-state index contributed by atoms with van der Waals surface area (Å²) in [6, 6.07) is 8.20. The standard InChI is InChI=1S/C16H19FN4O/c17-12-3-1-4-13(9-12)19-15-10-14(11-5-6-11)20-16(21-15)18-7-2-8-22/h1,3-4,9-11,22H,2,5-8H2,(H2,18,19,20,21). The summed E-state index contributed by atoms with van der Waals surface area (Å²) in [5.74, 6) is 1.39. The number of nitrogens with one attached hydrogen (secondary N) is 2. The van der Waals surface area contributed by atoms with Crippen LogP contribution in [0.15, 0.2) is 30.3 Å². The highest BCUT2D eigenvalue weighted by atomic mass is 19.1. The van der Waals surface area contributed by atoms with E-state index >= 15 is 0 Å². The molecule has 1 aromatic carbocycles. The maximum atomic E-state index is 13.3. The van der Waals surface area contributed by atoms with Crippen LogP contribution in [0.3, 0.4) is 0 Å². The Bertz CT molecular complexity index is 646. The predicted molar refractivity (Wildman–Crippen MR) is 83.9 cm³/mol. The normalized spacial score (nSPS) is 13.9. The summed E-state index contributed by atoms with van der Waals surface area (Å²) >= 11 is 0. The number of rotatable bonds is 7. The summed E-state index contributed by atoms with van der Waals surface area (Å²) in [5, 5.41) is 15.1. The molecule has 0 atom stereocenters. The van der Waals surface area contributed by atoms with Crippen molar-refractivity contribution in [3.05, 3.63) is 41.8 Å². The molecule has 0 spiro atoms. The second-order valence-electron chi connectivity index (χ2n) is 5.42. The number of hydrogen-bond donors (Lipinski definition) is 3. The lowest BCUT2D eigenvalue weighted by atomic mass is 10.2. The molecule has 1 aliphatic carbocycles. The summed E-state index contributed by atoms with van der Waals surface area (Å²) < 4.78 is 13.3. The van der Waals surface area contributed by atoms with Crippen molar-refractivity contribution >= 4 is 17.5 Å². The molecule has 1 saturated carbocycles. The Morgan fingerprint density at radius 1 is 1.23 bits per heavy atom. The molecule has 5 nitrogen and oxygen atoms in total. The van der Waals surface area contributed by atoms with Crippen molar-refractivity contribution < 1.29 is 9.50 Å². The highest BCUT2D eigenvalue weighted by Gasteiger charge is 2.26. The first-order valence-corrected chi connectivity index (χ1v) is 7.51. The average Bonchev–Trinajstić information content (AvgIpc) is 3.32. The van der Waals surface area contributed by atoms with Gasteiger partial charge in [0, 0.05) is 30.8 Å². The van der Waals surface area contributed by atoms with E-state index in [2.05, 4.69) is 20.6 Å². The van der Waals surface area contributed by atoms with E-state index in [-0.39, 0.29) is 12.4 Å². The molecule has 2 aromatic rings. The predicted octanol–water partition coefficient (Wildman–Crippen LogP) is 3.03. The van der Waals surface area contributed by atoms with Crippen LogP contribution < -0.4 is 10.6 Å². The molecular weight excluding hydrogens is 283 g/mol. The van der Waals surface area contributed by atoms with Gasteiger partial charge in [-0.15, -0.1) is 0 Å². The van der Waals surface area contributed by atoms with Gasteiger partial charge in [-0.25, -0.2) is 9.37 Å². The Labute approximate surface area is 128 Å². The fourth-order valence-electron chi connectivity index (χ4n) is 2.19. The lowest BCUT2D eigenvalue weighted by Gasteiger charge is -2.11. The highest BCUT2D eigenvalue weighted by molar-refractivity contribution is 5.58. The van der Waals surface area contributed by atoms with Crippen molar-refractivity contribution in [3.63, 3.8) is 0 Å². The number of aliphatic hydroxyl groups excluding tert-OH is 1. The van der Waals surface area contributed by atoms with Gasteiger partial charge in [-0.3, -0.25) is 0 Å². The lowest BCUT2D eigenvalue weighted by molar-refractivity contribution is 0.292. The Morgan fingerprint density at radius 2 is 2.09 bits per heavy atom. The first kappa shape index (κ1) is 14.7. The molecule has 3 rings (SSSR count). The topological polar surface area (TPSA) is 70.1 Å². The van der Waals surface area contributed by atoms with Crippen molar-refractivity contribution in [1.82, 2.24) is 9.97 Å². The number of benzene rings is 1. The zero-order valence-corrected chi connectivity index (χ0v) is 12.2. The molecule has 1 aliphatic rings. The molecule has 1 aromatic heterocycles. The lowest BCUT2D eigenvalue weighted by Crippen LogP contribution is -2.09. The zero-order chi connectivity index (χ0) is 15.4. The van der Waals surface area contributed by atoms with Crippen LogP contribution >= 0.6 is 0 Å². The van der Waals surface area contributed by atoms with E-state index < -0.39 is 0 Å². The van der Waals surface area contributed by atoms with Crippen LogP contribution in [-0.4, -0.2) is 28.2 Å². The number of anilines is 3. The van der Waals surface area contributed by atoms with E-state index in [0.717, 1.165) is 18.5 Å². The van der Waals surface area contributed by atoms with Gasteiger partial charge in [-0.2, -0.15) is 4.98 Å². The van der Waals surface area contributed by atoms with Gasteiger partial charge in [0.1, 0.15) is 11.6 Å². The maximum absolute atomic E-state index is 13.3. The number of aromatic nitrogens is 2. The van der Waals surface area contributed by atoms with Crippen LogP contribution in [0.25, 0.3) is 0 Å². The monoisotopic (exact) mass is 302 g/mol. The fourth-order valence-corrected chi connectivity index (χ4v) is 2.19. The molecule has 0 aliphatic heterocycles. The van der Waals surface area contributed by atoms with Gasteiger partial charge in [0.05, 0.1) is 5.69 Å². The van der Waals surface area contributed by atoms with Gasteiger partial charge in [0.25, 0.3) is 0 Å². The smallest absolute Gasteiger partial charge is 0.224 e. The van der Waals surface area contributed by atoms with Gasteiger partial charge >= 0.3 is 0 Å². The van der Waals surface area contributed by atoms with E-state index in [1.807, 2.05) is 6.07 Å². The third-order valence-electron chi connectivity index (χ3n) is 3.46. The minimum absolute atomic E-state index is 0.129. The van der Waals surface area contributed by atoms with Gasteiger partial charge < -0.3 is 15.7 Å². The van der Waals surface area contributed by atoms with Crippen molar-refractivity contribution in [3.8, 4) is 0 Å². The third kappa shape index (κ3) is 3.92. The number of hydrogen-bond acceptors (Lipinski definition) is 5. The Kier molecular flexibility index (Phi) is 4.48. The molecule has 22 heavy (non-hydrogen) atoms. The van der Waals surface area contributed by atoms with E-state index in [9.17, 15) is 4.39 Å². The van der Waals surface area contributed by atoms with Crippen molar-refractivity contribution in [2.75, 3.05) is 23.8 Å². The quantitative estimate of drug-likeness (QED) is 0.686. The molecular formula is C16H19FN4O. The largest absolute Gasteiger partial charge is 0.396 e. The SMILES string of the molecule is OCCCNc1nc(Nc2cccc(F)c2)cc(C2CC2)n1. The Hall–Kier alpha value is -2.21. The maximum Gasteiger partial charge on any atom is 0.224 e. The number of nitrogens with zero attached hydrogens (tertiary/aromatic N) is 2. The van der Waals surface area contributed by atoms with Gasteiger partial charge in [-0.1, -0.05) is 6.07 Å². The minimum atomic E-state index is -0.289. The summed E-state index contributed by atoms with van der Waals surface area (Å²) in [5.41, 5.74) is 1.65. The van der Waals surface area contributed by atoms with Gasteiger partial charge in [-0.05, 0) is 37.5 Å². The van der Waals surface area contributed by atoms with Crippen LogP contribution in [0, 0.1) is 5.82 Å². The van der Waals surface area contributed by atoms with Crippen molar-refractivity contribution in [1.29, 1.82) is 0 Å². The van der Waals surface area contributed by atoms with Gasteiger partial charge in [0.15, 0.2) is 0 Å². The molecule has 116 valence electrons. The first-order chi connectivity index (χ1) is 10.7. The molecule has 1 heterocycles. The number of aliphatic hydroxyl groups is 1. The molecule has 0 unspecified atom stereocenters. The second kappa shape index (κ2) is 6.70.